The molecule has 1 aromatic heterocycles. The highest BCUT2D eigenvalue weighted by Crippen LogP contribution is 2.32. The van der Waals surface area contributed by atoms with Crippen LogP contribution in [0.4, 0.5) is 5.13 Å². The molecule has 0 N–H and O–H groups in total. The summed E-state index contributed by atoms with van der Waals surface area (Å²) in [5.74, 6) is -0.237. The molecule has 0 saturated carbocycles. The molecule has 0 unspecified atom stereocenters. The molecule has 8 heteroatoms. The van der Waals surface area contributed by atoms with Gasteiger partial charge in [0.15, 0.2) is 15.0 Å². The largest absolute Gasteiger partial charge is 0.309 e. The second kappa shape index (κ2) is 9.89. The Labute approximate surface area is 188 Å². The zero-order valence-corrected chi connectivity index (χ0v) is 20.1. The van der Waals surface area contributed by atoms with E-state index in [4.69, 9.17) is 4.98 Å². The monoisotopic (exact) mass is 459 g/mol. The van der Waals surface area contributed by atoms with Crippen molar-refractivity contribution < 1.29 is 13.2 Å². The van der Waals surface area contributed by atoms with Crippen LogP contribution < -0.4 is 4.90 Å². The summed E-state index contributed by atoms with van der Waals surface area (Å²) in [6, 6.07) is 12.4. The zero-order valence-electron chi connectivity index (χ0n) is 18.5. The van der Waals surface area contributed by atoms with E-state index < -0.39 is 9.84 Å². The Balaban J connectivity index is 2.01. The number of aryl methyl sites for hydroxylation is 1. The lowest BCUT2D eigenvalue weighted by Crippen LogP contribution is -2.33. The molecule has 0 fully saturated rings. The molecule has 2 aromatic carbocycles. The van der Waals surface area contributed by atoms with Gasteiger partial charge in [0.2, 0.25) is 0 Å². The van der Waals surface area contributed by atoms with Crippen LogP contribution in [0.25, 0.3) is 10.2 Å². The number of thiazole rings is 1. The molecule has 1 heterocycles. The molecule has 0 aliphatic carbocycles. The summed E-state index contributed by atoms with van der Waals surface area (Å²) in [7, 11) is 0.600. The fourth-order valence-corrected chi connectivity index (χ4v) is 5.33. The van der Waals surface area contributed by atoms with E-state index in [0.29, 0.717) is 17.2 Å². The molecule has 0 aliphatic rings. The maximum Gasteiger partial charge on any atom is 0.260 e. The minimum atomic E-state index is -3.39. The number of carbonyl (C=O) groups is 1. The van der Waals surface area contributed by atoms with E-state index in [-0.39, 0.29) is 16.6 Å². The summed E-state index contributed by atoms with van der Waals surface area (Å²) in [6.07, 6.45) is 1.65. The highest BCUT2D eigenvalue weighted by Gasteiger charge is 2.23. The summed E-state index contributed by atoms with van der Waals surface area (Å²) in [5.41, 5.74) is 2.43. The number of hydrogen-bond donors (Lipinski definition) is 0. The number of anilines is 1. The van der Waals surface area contributed by atoms with Gasteiger partial charge >= 0.3 is 0 Å². The molecule has 0 aliphatic heterocycles. The summed E-state index contributed by atoms with van der Waals surface area (Å²) >= 11 is 1.49. The van der Waals surface area contributed by atoms with Crippen LogP contribution >= 0.6 is 11.3 Å². The third-order valence-corrected chi connectivity index (χ3v) is 7.93. The maximum atomic E-state index is 13.5. The minimum absolute atomic E-state index is 0.00510. The summed E-state index contributed by atoms with van der Waals surface area (Å²) in [5, 5.41) is 0.642. The van der Waals surface area contributed by atoms with E-state index in [1.165, 1.54) is 23.5 Å². The number of aromatic nitrogens is 1. The van der Waals surface area contributed by atoms with Crippen molar-refractivity contribution in [2.45, 2.75) is 31.6 Å². The molecule has 1 amide bonds. The fraction of sp³-hybridized carbons (Fsp3) is 0.391. The molecule has 3 rings (SSSR count). The van der Waals surface area contributed by atoms with Crippen molar-refractivity contribution in [3.8, 4) is 0 Å². The van der Waals surface area contributed by atoms with Crippen molar-refractivity contribution >= 4 is 42.4 Å². The minimum Gasteiger partial charge on any atom is -0.309 e. The normalized spacial score (nSPS) is 11.9. The number of nitrogens with zero attached hydrogens (tertiary/aromatic N) is 3. The first kappa shape index (κ1) is 23.4. The lowest BCUT2D eigenvalue weighted by Gasteiger charge is -2.21. The number of fused-ring (bicyclic) bond motifs is 1. The quantitative estimate of drug-likeness (QED) is 0.478. The molecule has 0 saturated heterocycles. The molecule has 0 bridgehead atoms. The third-order valence-electron chi connectivity index (χ3n) is 5.16. The molecule has 31 heavy (non-hydrogen) atoms. The first-order chi connectivity index (χ1) is 14.8. The average molecular weight is 460 g/mol. The Morgan fingerprint density at radius 3 is 2.48 bits per heavy atom. The standard InChI is InChI=1S/C23H29N3O3S2/c1-5-17-10-8-13-20-21(17)24-23(30-20)26(15-9-14-25(3)4)22(27)18-11-7-12-19(16-18)31(28,29)6-2/h7-8,10-13,16H,5-6,9,14-15H2,1-4H3. The maximum absolute atomic E-state index is 13.5. The summed E-state index contributed by atoms with van der Waals surface area (Å²) in [4.78, 5) is 22.2. The van der Waals surface area contributed by atoms with Gasteiger partial charge < -0.3 is 4.90 Å². The second-order valence-electron chi connectivity index (χ2n) is 7.66. The van der Waals surface area contributed by atoms with Crippen LogP contribution in [0.2, 0.25) is 0 Å². The van der Waals surface area contributed by atoms with Crippen LogP contribution in [0.5, 0.6) is 0 Å². The smallest absolute Gasteiger partial charge is 0.260 e. The van der Waals surface area contributed by atoms with Gasteiger partial charge in [0.1, 0.15) is 0 Å². The second-order valence-corrected chi connectivity index (χ2v) is 10.9. The van der Waals surface area contributed by atoms with E-state index >= 15 is 0 Å². The third kappa shape index (κ3) is 5.31. The fourth-order valence-electron chi connectivity index (χ4n) is 3.37. The molecular weight excluding hydrogens is 430 g/mol. The Morgan fingerprint density at radius 1 is 1.06 bits per heavy atom. The highest BCUT2D eigenvalue weighted by molar-refractivity contribution is 7.91. The molecule has 166 valence electrons. The lowest BCUT2D eigenvalue weighted by molar-refractivity contribution is 0.0986. The Kier molecular flexibility index (Phi) is 7.46. The first-order valence-electron chi connectivity index (χ1n) is 10.4. The molecule has 6 nitrogen and oxygen atoms in total. The SMILES string of the molecule is CCc1cccc2sc(N(CCCN(C)C)C(=O)c3cccc(S(=O)(=O)CC)c3)nc12. The van der Waals surface area contributed by atoms with Gasteiger partial charge in [0.25, 0.3) is 5.91 Å². The zero-order chi connectivity index (χ0) is 22.6. The average Bonchev–Trinajstić information content (AvgIpc) is 3.20. The highest BCUT2D eigenvalue weighted by atomic mass is 32.2. The van der Waals surface area contributed by atoms with Gasteiger partial charge in [-0.2, -0.15) is 0 Å². The predicted molar refractivity (Wildman–Crippen MR) is 128 cm³/mol. The number of para-hydroxylation sites is 1. The van der Waals surface area contributed by atoms with Gasteiger partial charge in [-0.1, -0.05) is 43.4 Å². The molecular formula is C23H29N3O3S2. The van der Waals surface area contributed by atoms with Gasteiger partial charge in [-0.05, 0) is 63.3 Å². The van der Waals surface area contributed by atoms with Crippen LogP contribution in [0.1, 0.15) is 36.2 Å². The number of amides is 1. The van der Waals surface area contributed by atoms with E-state index in [1.54, 1.807) is 24.0 Å². The van der Waals surface area contributed by atoms with Crippen molar-refractivity contribution in [2.24, 2.45) is 0 Å². The van der Waals surface area contributed by atoms with Gasteiger partial charge in [0, 0.05) is 12.1 Å². The Morgan fingerprint density at radius 2 is 1.81 bits per heavy atom. The van der Waals surface area contributed by atoms with Crippen molar-refractivity contribution in [3.63, 3.8) is 0 Å². The molecule has 0 radical (unpaired) electrons. The van der Waals surface area contributed by atoms with Crippen LogP contribution in [0.3, 0.4) is 0 Å². The molecule has 0 atom stereocenters. The topological polar surface area (TPSA) is 70.6 Å². The molecule has 0 spiro atoms. The van der Waals surface area contributed by atoms with Crippen molar-refractivity contribution in [1.29, 1.82) is 0 Å². The van der Waals surface area contributed by atoms with Crippen LogP contribution in [0, 0.1) is 0 Å². The van der Waals surface area contributed by atoms with Gasteiger partial charge in [-0.15, -0.1) is 0 Å². The van der Waals surface area contributed by atoms with Gasteiger partial charge in [-0.25, -0.2) is 13.4 Å². The predicted octanol–water partition coefficient (Wildman–Crippen LogP) is 4.25. The van der Waals surface area contributed by atoms with Crippen LogP contribution in [-0.2, 0) is 16.3 Å². The molecule has 3 aromatic rings. The Hall–Kier alpha value is -2.29. The van der Waals surface area contributed by atoms with Gasteiger partial charge in [0.05, 0.1) is 20.9 Å². The van der Waals surface area contributed by atoms with E-state index in [9.17, 15) is 13.2 Å². The van der Waals surface area contributed by atoms with E-state index in [0.717, 1.165) is 35.2 Å². The van der Waals surface area contributed by atoms with Crippen LogP contribution in [0.15, 0.2) is 47.4 Å². The van der Waals surface area contributed by atoms with Crippen molar-refractivity contribution in [1.82, 2.24) is 9.88 Å². The van der Waals surface area contributed by atoms with Crippen molar-refractivity contribution in [3.05, 3.63) is 53.6 Å². The van der Waals surface area contributed by atoms with E-state index in [2.05, 4.69) is 17.9 Å². The van der Waals surface area contributed by atoms with Gasteiger partial charge in [-0.3, -0.25) is 9.69 Å². The number of sulfone groups is 1. The number of rotatable bonds is 9. The number of hydrogen-bond acceptors (Lipinski definition) is 6. The van der Waals surface area contributed by atoms with Crippen LogP contribution in [-0.4, -0.2) is 57.1 Å². The first-order valence-corrected chi connectivity index (χ1v) is 12.9. The number of carbonyl (C=O) groups excluding carboxylic acids is 1. The van der Waals surface area contributed by atoms with E-state index in [1.807, 2.05) is 26.2 Å². The Bertz CT molecular complexity index is 1170. The lowest BCUT2D eigenvalue weighted by atomic mass is 10.1. The van der Waals surface area contributed by atoms with Crippen molar-refractivity contribution in [2.75, 3.05) is 37.8 Å². The summed E-state index contributed by atoms with van der Waals surface area (Å²) in [6.45, 7) is 5.03. The summed E-state index contributed by atoms with van der Waals surface area (Å²) < 4.78 is 25.7. The number of benzene rings is 2.